The second kappa shape index (κ2) is 16.2. The van der Waals surface area contributed by atoms with Crippen molar-refractivity contribution in [2.75, 3.05) is 0 Å². The van der Waals surface area contributed by atoms with Crippen LogP contribution in [0.3, 0.4) is 0 Å². The molecule has 0 amide bonds. The van der Waals surface area contributed by atoms with Crippen LogP contribution in [0.25, 0.3) is 11.1 Å². The summed E-state index contributed by atoms with van der Waals surface area (Å²) >= 11 is 1.51. The van der Waals surface area contributed by atoms with Crippen molar-refractivity contribution >= 4 is 3.21 Å². The maximum absolute atomic E-state index is 3.53. The molecule has 0 radical (unpaired) electrons. The Morgan fingerprint density at radius 1 is 0.780 bits per heavy atom. The van der Waals surface area contributed by atoms with Crippen molar-refractivity contribution < 1.29 is 49.0 Å². The van der Waals surface area contributed by atoms with Crippen molar-refractivity contribution in [3.63, 3.8) is 0 Å². The summed E-state index contributed by atoms with van der Waals surface area (Å²) in [6.07, 6.45) is 11.7. The van der Waals surface area contributed by atoms with E-state index in [1.807, 2.05) is 6.07 Å². The van der Waals surface area contributed by atoms with Gasteiger partial charge in [-0.25, -0.2) is 6.07 Å². The maximum Gasteiger partial charge on any atom is -0.0363 e. The molecule has 5 aliphatic rings. The summed E-state index contributed by atoms with van der Waals surface area (Å²) in [5, 5.41) is 0. The Bertz CT molecular complexity index is 1660. The first-order valence-electron chi connectivity index (χ1n) is 18.6. The third kappa shape index (κ3) is 9.46. The molecule has 9 rings (SSSR count). The zero-order valence-electron chi connectivity index (χ0n) is 32.1. The second-order valence-corrected chi connectivity index (χ2v) is 20.0. The van der Waals surface area contributed by atoms with Gasteiger partial charge in [0, 0.05) is 0 Å². The van der Waals surface area contributed by atoms with Crippen LogP contribution in [0, 0.1) is 43.1 Å². The monoisotopic (exact) mass is 782 g/mol. The van der Waals surface area contributed by atoms with Crippen LogP contribution >= 0.6 is 0 Å². The van der Waals surface area contributed by atoms with Gasteiger partial charge in [0.25, 0.3) is 0 Å². The van der Waals surface area contributed by atoms with Gasteiger partial charge in [0.05, 0.1) is 0 Å². The van der Waals surface area contributed by atoms with Gasteiger partial charge in [-0.1, -0.05) is 96.6 Å². The summed E-state index contributed by atoms with van der Waals surface area (Å²) < 4.78 is 1.46. The quantitative estimate of drug-likeness (QED) is 0.191. The van der Waals surface area contributed by atoms with Crippen LogP contribution in [-0.4, -0.2) is 3.21 Å². The van der Waals surface area contributed by atoms with Crippen LogP contribution in [0.5, 0.6) is 0 Å². The van der Waals surface area contributed by atoms with E-state index in [-0.39, 0.29) is 35.6 Å². The molecule has 0 N–H and O–H groups in total. The zero-order chi connectivity index (χ0) is 34.4. The summed E-state index contributed by atoms with van der Waals surface area (Å²) in [7, 11) is 0. The minimum absolute atomic E-state index is 0. The first-order valence-corrected chi connectivity index (χ1v) is 19.8. The number of rotatable bonds is 3. The summed E-state index contributed by atoms with van der Waals surface area (Å²) in [6, 6.07) is 30.4. The minimum Gasteiger partial charge on any atom is -1.00 e. The van der Waals surface area contributed by atoms with Crippen LogP contribution in [0.15, 0.2) is 72.8 Å². The molecule has 266 valence electrons. The fourth-order valence-electron chi connectivity index (χ4n) is 9.64. The van der Waals surface area contributed by atoms with Gasteiger partial charge in [0.1, 0.15) is 0 Å². The average molecular weight is 785 g/mol. The van der Waals surface area contributed by atoms with Crippen LogP contribution in [0.4, 0.5) is 0 Å². The van der Waals surface area contributed by atoms with E-state index in [0.29, 0.717) is 5.41 Å². The fourth-order valence-corrected chi connectivity index (χ4v) is 10.0. The van der Waals surface area contributed by atoms with Gasteiger partial charge in [-0.15, -0.1) is 5.56 Å². The van der Waals surface area contributed by atoms with Crippen LogP contribution in [0.2, 0.25) is 0 Å². The molecular formula is C47H58Cl2Zr-2. The predicted octanol–water partition coefficient (Wildman–Crippen LogP) is 6.22. The van der Waals surface area contributed by atoms with Gasteiger partial charge in [0.2, 0.25) is 0 Å². The predicted molar refractivity (Wildman–Crippen MR) is 203 cm³/mol. The minimum atomic E-state index is 0. The summed E-state index contributed by atoms with van der Waals surface area (Å²) in [6.45, 7) is 20.4. The molecule has 4 saturated carbocycles. The van der Waals surface area contributed by atoms with Crippen molar-refractivity contribution in [3.05, 3.63) is 123 Å². The van der Waals surface area contributed by atoms with E-state index in [4.69, 9.17) is 0 Å². The number of benzene rings is 3. The molecule has 5 aliphatic carbocycles. The van der Waals surface area contributed by atoms with Gasteiger partial charge in [-0.05, 0) is 79.1 Å². The van der Waals surface area contributed by atoms with Crippen molar-refractivity contribution in [2.45, 2.75) is 125 Å². The van der Waals surface area contributed by atoms with Gasteiger partial charge in [-0.3, -0.25) is 0 Å². The molecule has 4 fully saturated rings. The van der Waals surface area contributed by atoms with Crippen LogP contribution in [-0.2, 0) is 47.9 Å². The van der Waals surface area contributed by atoms with Gasteiger partial charge >= 0.3 is 70.3 Å². The van der Waals surface area contributed by atoms with E-state index in [1.165, 1.54) is 78.4 Å². The Hall–Kier alpha value is -1.66. The molecule has 0 nitrogen and oxygen atoms in total. The molecule has 0 heterocycles. The molecule has 0 spiro atoms. The Morgan fingerprint density at radius 2 is 1.34 bits per heavy atom. The van der Waals surface area contributed by atoms with Crippen LogP contribution < -0.4 is 24.8 Å². The largest absolute Gasteiger partial charge is 1.00 e. The summed E-state index contributed by atoms with van der Waals surface area (Å²) in [5.41, 5.74) is 15.5. The van der Waals surface area contributed by atoms with Crippen molar-refractivity contribution in [3.8, 4) is 11.1 Å². The Labute approximate surface area is 332 Å². The molecule has 50 heavy (non-hydrogen) atoms. The van der Waals surface area contributed by atoms with Gasteiger partial charge in [-0.2, -0.15) is 52.1 Å². The third-order valence-electron chi connectivity index (χ3n) is 11.8. The second-order valence-electron chi connectivity index (χ2n) is 18.2. The maximum atomic E-state index is 3.53. The molecule has 0 aliphatic heterocycles. The molecule has 4 bridgehead atoms. The van der Waals surface area contributed by atoms with E-state index < -0.39 is 0 Å². The first kappa shape index (κ1) is 41.1. The molecule has 4 aromatic rings. The van der Waals surface area contributed by atoms with E-state index in [2.05, 4.69) is 135 Å². The Kier molecular flexibility index (Phi) is 13.3. The Balaban J connectivity index is 0.000000177. The first-order chi connectivity index (χ1) is 22.6. The van der Waals surface area contributed by atoms with Gasteiger partial charge < -0.3 is 24.8 Å². The number of halogens is 2. The molecule has 0 aromatic heterocycles. The number of aryl methyl sites for hydroxylation is 2. The SMILES string of the molecule is CC(C)(C)c1c[c-]c2c(c1)-c1cc(C(C)(C)C)ccc1C2.C[C](=[Zr+2])c1ccccc1.Cc1cc(CC23CC4CC(CC(C4)C2)C3)c(C)[cH-]1.[Cl-].[Cl-]. The molecule has 0 atom stereocenters. The number of hydrogen-bond acceptors (Lipinski definition) is 0. The average Bonchev–Trinajstić information content (AvgIpc) is 3.53. The fraction of sp³-hybridized carbons (Fsp3) is 0.489. The van der Waals surface area contributed by atoms with E-state index in [1.54, 1.807) is 49.7 Å². The van der Waals surface area contributed by atoms with Crippen LogP contribution in [0.1, 0.15) is 131 Å². The van der Waals surface area contributed by atoms with E-state index in [0.717, 1.165) is 24.2 Å². The normalized spacial score (nSPS) is 22.5. The van der Waals surface area contributed by atoms with E-state index >= 15 is 0 Å². The Morgan fingerprint density at radius 3 is 1.82 bits per heavy atom. The molecule has 3 heteroatoms. The zero-order valence-corrected chi connectivity index (χ0v) is 36.0. The van der Waals surface area contributed by atoms with Gasteiger partial charge in [0.15, 0.2) is 0 Å². The van der Waals surface area contributed by atoms with Crippen molar-refractivity contribution in [2.24, 2.45) is 23.2 Å². The van der Waals surface area contributed by atoms with Crippen molar-refractivity contribution in [1.82, 2.24) is 0 Å². The third-order valence-corrected chi connectivity index (χ3v) is 12.5. The molecule has 0 saturated heterocycles. The summed E-state index contributed by atoms with van der Waals surface area (Å²) in [5.74, 6) is 3.27. The van der Waals surface area contributed by atoms with E-state index in [9.17, 15) is 0 Å². The molecule has 0 unspecified atom stereocenters. The topological polar surface area (TPSA) is 0 Å². The standard InChI is InChI=1S/C21H25.C18H25.C8H8.2ClH.Zr/c1-20(2,3)16-9-7-14-11-15-8-10-17(21(4,5)6)13-19(15)18(14)12-16;1-12-3-13(2)17(4-12)11-18-8-14-5-15(9-18)7-16(6-14)10-18;1-2-8-6-4-3-5-7-8;;;/h7,9-10,12-13H,11H2,1-6H3;3-4,14-16H,5-11H2,1-2H3;3-7H,1H3;2*1H;/q2*-1;;;;+2/p-2. The molecular weight excluding hydrogens is 727 g/mol. The number of fused-ring (bicyclic) bond motifs is 3. The summed E-state index contributed by atoms with van der Waals surface area (Å²) in [4.78, 5) is 0. The van der Waals surface area contributed by atoms with Crippen molar-refractivity contribution in [1.29, 1.82) is 0 Å². The number of hydrogen-bond donors (Lipinski definition) is 0. The smallest absolute Gasteiger partial charge is 0.0363 e. The molecule has 4 aromatic carbocycles.